The Hall–Kier alpha value is -4.86. The number of benzene rings is 2. The molecule has 1 aliphatic rings. The number of furan rings is 1. The minimum absolute atomic E-state index is 0.0164. The zero-order valence-electron chi connectivity index (χ0n) is 20.4. The SMILES string of the molecule is CCc1ccc(N2C(=O)NC(=O)/C(=C/c3ccc(OCc4ccc(C(=O)OC)o4)c(OC)c3)C2=O)cc1. The first-order valence-electron chi connectivity index (χ1n) is 11.3. The highest BCUT2D eigenvalue weighted by Crippen LogP contribution is 2.31. The van der Waals surface area contributed by atoms with Gasteiger partial charge in [-0.05, 0) is 60.0 Å². The minimum Gasteiger partial charge on any atom is -0.493 e. The second-order valence-electron chi connectivity index (χ2n) is 7.93. The lowest BCUT2D eigenvalue weighted by molar-refractivity contribution is -0.122. The van der Waals surface area contributed by atoms with Crippen molar-refractivity contribution in [3.05, 3.63) is 82.8 Å². The van der Waals surface area contributed by atoms with Crippen molar-refractivity contribution < 1.29 is 37.8 Å². The fourth-order valence-electron chi connectivity index (χ4n) is 3.65. The maximum absolute atomic E-state index is 13.1. The van der Waals surface area contributed by atoms with Gasteiger partial charge in [-0.2, -0.15) is 0 Å². The molecule has 1 fully saturated rings. The van der Waals surface area contributed by atoms with E-state index in [2.05, 4.69) is 10.1 Å². The maximum Gasteiger partial charge on any atom is 0.373 e. The number of carbonyl (C=O) groups excluding carboxylic acids is 4. The molecule has 0 spiro atoms. The number of hydrogen-bond donors (Lipinski definition) is 1. The maximum atomic E-state index is 13.1. The van der Waals surface area contributed by atoms with Crippen LogP contribution in [0.5, 0.6) is 11.5 Å². The molecule has 37 heavy (non-hydrogen) atoms. The van der Waals surface area contributed by atoms with Crippen LogP contribution in [-0.4, -0.2) is 38.0 Å². The van der Waals surface area contributed by atoms with Crippen molar-refractivity contribution in [2.45, 2.75) is 20.0 Å². The number of rotatable bonds is 8. The first-order chi connectivity index (χ1) is 17.8. The number of carbonyl (C=O) groups is 4. The van der Waals surface area contributed by atoms with Gasteiger partial charge in [0.1, 0.15) is 17.9 Å². The summed E-state index contributed by atoms with van der Waals surface area (Å²) in [6.45, 7) is 2.01. The predicted molar refractivity (Wildman–Crippen MR) is 132 cm³/mol. The summed E-state index contributed by atoms with van der Waals surface area (Å²) in [5.41, 5.74) is 1.67. The number of anilines is 1. The highest BCUT2D eigenvalue weighted by molar-refractivity contribution is 6.39. The summed E-state index contributed by atoms with van der Waals surface area (Å²) in [5.74, 6) is -0.977. The lowest BCUT2D eigenvalue weighted by atomic mass is 10.1. The predicted octanol–water partition coefficient (Wildman–Crippen LogP) is 3.88. The van der Waals surface area contributed by atoms with Crippen LogP contribution in [0.25, 0.3) is 6.08 Å². The van der Waals surface area contributed by atoms with Crippen LogP contribution in [0.1, 0.15) is 34.4 Å². The summed E-state index contributed by atoms with van der Waals surface area (Å²) in [5, 5.41) is 2.21. The van der Waals surface area contributed by atoms with Crippen LogP contribution in [0.2, 0.25) is 0 Å². The number of urea groups is 1. The van der Waals surface area contributed by atoms with E-state index in [1.807, 2.05) is 19.1 Å². The van der Waals surface area contributed by atoms with Crippen molar-refractivity contribution in [3.63, 3.8) is 0 Å². The summed E-state index contributed by atoms with van der Waals surface area (Å²) in [6.07, 6.45) is 2.18. The molecule has 190 valence electrons. The van der Waals surface area contributed by atoms with Crippen LogP contribution in [0.4, 0.5) is 10.5 Å². The Morgan fingerprint density at radius 3 is 2.43 bits per heavy atom. The van der Waals surface area contributed by atoms with Crippen molar-refractivity contribution in [2.24, 2.45) is 0 Å². The lowest BCUT2D eigenvalue weighted by Crippen LogP contribution is -2.54. The van der Waals surface area contributed by atoms with E-state index in [4.69, 9.17) is 13.9 Å². The van der Waals surface area contributed by atoms with Gasteiger partial charge >= 0.3 is 12.0 Å². The van der Waals surface area contributed by atoms with Gasteiger partial charge in [-0.3, -0.25) is 14.9 Å². The van der Waals surface area contributed by atoms with Crippen molar-refractivity contribution in [1.29, 1.82) is 0 Å². The Morgan fingerprint density at radius 2 is 1.76 bits per heavy atom. The van der Waals surface area contributed by atoms with Crippen LogP contribution in [0.15, 0.2) is 64.6 Å². The molecule has 2 heterocycles. The average molecular weight is 504 g/mol. The van der Waals surface area contributed by atoms with E-state index in [1.165, 1.54) is 26.4 Å². The molecule has 4 rings (SSSR count). The molecule has 1 aliphatic heterocycles. The van der Waals surface area contributed by atoms with Crippen molar-refractivity contribution >= 4 is 35.6 Å². The van der Waals surface area contributed by atoms with Gasteiger partial charge in [0, 0.05) is 0 Å². The molecule has 0 atom stereocenters. The first-order valence-corrected chi connectivity index (χ1v) is 11.3. The Kier molecular flexibility index (Phi) is 7.38. The average Bonchev–Trinajstić information content (AvgIpc) is 3.39. The van der Waals surface area contributed by atoms with Crippen molar-refractivity contribution in [3.8, 4) is 11.5 Å². The molecule has 2 aromatic carbocycles. The van der Waals surface area contributed by atoms with Crippen LogP contribution in [-0.2, 0) is 27.4 Å². The molecule has 1 saturated heterocycles. The van der Waals surface area contributed by atoms with Crippen LogP contribution in [0, 0.1) is 0 Å². The highest BCUT2D eigenvalue weighted by atomic mass is 16.5. The van der Waals surface area contributed by atoms with Gasteiger partial charge in [-0.15, -0.1) is 0 Å². The first kappa shape index (κ1) is 25.2. The number of hydrogen-bond acceptors (Lipinski definition) is 8. The summed E-state index contributed by atoms with van der Waals surface area (Å²) in [7, 11) is 2.70. The molecule has 1 N–H and O–H groups in total. The third kappa shape index (κ3) is 5.37. The van der Waals surface area contributed by atoms with Gasteiger partial charge in [-0.1, -0.05) is 25.1 Å². The van der Waals surface area contributed by atoms with E-state index in [-0.39, 0.29) is 17.9 Å². The van der Waals surface area contributed by atoms with Gasteiger partial charge in [0.15, 0.2) is 11.5 Å². The second-order valence-corrected chi connectivity index (χ2v) is 7.93. The van der Waals surface area contributed by atoms with Gasteiger partial charge in [0.05, 0.1) is 19.9 Å². The highest BCUT2D eigenvalue weighted by Gasteiger charge is 2.36. The molecule has 0 saturated carbocycles. The molecule has 0 radical (unpaired) electrons. The fraction of sp³-hybridized carbons (Fsp3) is 0.185. The van der Waals surface area contributed by atoms with Crippen molar-refractivity contribution in [2.75, 3.05) is 19.1 Å². The summed E-state index contributed by atoms with van der Waals surface area (Å²) < 4.78 is 21.1. The number of esters is 1. The van der Waals surface area contributed by atoms with Gasteiger partial charge in [0.25, 0.3) is 11.8 Å². The Morgan fingerprint density at radius 1 is 1.00 bits per heavy atom. The number of amides is 4. The Labute approximate surface area is 212 Å². The van der Waals surface area contributed by atoms with E-state index < -0.39 is 23.8 Å². The molecule has 0 unspecified atom stereocenters. The second kappa shape index (κ2) is 10.8. The lowest BCUT2D eigenvalue weighted by Gasteiger charge is -2.26. The van der Waals surface area contributed by atoms with E-state index in [9.17, 15) is 19.2 Å². The minimum atomic E-state index is -0.814. The molecule has 0 aliphatic carbocycles. The van der Waals surface area contributed by atoms with Crippen molar-refractivity contribution in [1.82, 2.24) is 5.32 Å². The van der Waals surface area contributed by atoms with Gasteiger partial charge < -0.3 is 18.6 Å². The van der Waals surface area contributed by atoms with Gasteiger partial charge in [0.2, 0.25) is 5.76 Å². The smallest absolute Gasteiger partial charge is 0.373 e. The zero-order chi connectivity index (χ0) is 26.5. The number of aryl methyl sites for hydroxylation is 1. The number of barbiturate groups is 1. The van der Waals surface area contributed by atoms with E-state index in [0.717, 1.165) is 16.9 Å². The summed E-state index contributed by atoms with van der Waals surface area (Å²) >= 11 is 0. The van der Waals surface area contributed by atoms with Crippen LogP contribution >= 0.6 is 0 Å². The third-order valence-corrected chi connectivity index (χ3v) is 5.62. The van der Waals surface area contributed by atoms with E-state index in [1.54, 1.807) is 36.4 Å². The summed E-state index contributed by atoms with van der Waals surface area (Å²) in [6, 6.07) is 14.0. The molecule has 3 aromatic rings. The quantitative estimate of drug-likeness (QED) is 0.278. The van der Waals surface area contributed by atoms with Gasteiger partial charge in [-0.25, -0.2) is 14.5 Å². The number of ether oxygens (including phenoxy) is 3. The molecular formula is C27H24N2O8. The topological polar surface area (TPSA) is 124 Å². The number of methoxy groups -OCH3 is 2. The number of imide groups is 2. The molecule has 4 amide bonds. The molecule has 10 nitrogen and oxygen atoms in total. The molecular weight excluding hydrogens is 480 g/mol. The van der Waals surface area contributed by atoms with Crippen LogP contribution in [0.3, 0.4) is 0 Å². The monoisotopic (exact) mass is 504 g/mol. The fourth-order valence-corrected chi connectivity index (χ4v) is 3.65. The number of nitrogens with one attached hydrogen (secondary N) is 1. The Balaban J connectivity index is 1.55. The normalized spacial score (nSPS) is 14.5. The molecule has 10 heteroatoms. The van der Waals surface area contributed by atoms with E-state index >= 15 is 0 Å². The number of nitrogens with zero attached hydrogens (tertiary/aromatic N) is 1. The third-order valence-electron chi connectivity index (χ3n) is 5.62. The molecule has 1 aromatic heterocycles. The standard InChI is InChI=1S/C27H24N2O8/c1-4-16-5-8-18(9-6-16)29-25(31)20(24(30)28-27(29)33)13-17-7-11-21(23(14-17)34-2)36-15-19-10-12-22(37-19)26(32)35-3/h5-14H,4,15H2,1-3H3,(H,28,30,33)/b20-13-. The zero-order valence-corrected chi connectivity index (χ0v) is 20.4. The Bertz CT molecular complexity index is 1390. The molecule has 0 bridgehead atoms. The van der Waals surface area contributed by atoms with E-state index in [0.29, 0.717) is 28.5 Å². The van der Waals surface area contributed by atoms with Crippen LogP contribution < -0.4 is 19.7 Å². The summed E-state index contributed by atoms with van der Waals surface area (Å²) in [4.78, 5) is 50.5. The largest absolute Gasteiger partial charge is 0.493 e.